The second kappa shape index (κ2) is 7.88. The summed E-state index contributed by atoms with van der Waals surface area (Å²) in [6.45, 7) is 6.80. The first-order chi connectivity index (χ1) is 11.0. The van der Waals surface area contributed by atoms with Gasteiger partial charge in [0.2, 0.25) is 0 Å². The van der Waals surface area contributed by atoms with Crippen LogP contribution in [0.15, 0.2) is 36.4 Å². The smallest absolute Gasteiger partial charge is 0.319 e. The first-order valence-corrected chi connectivity index (χ1v) is 7.85. The lowest BCUT2D eigenvalue weighted by Gasteiger charge is -2.12. The summed E-state index contributed by atoms with van der Waals surface area (Å²) in [5.74, 6) is 0.848. The Morgan fingerprint density at radius 2 is 1.91 bits per heavy atom. The number of carbonyl (C=O) groups is 1. The van der Waals surface area contributed by atoms with Gasteiger partial charge in [-0.05, 0) is 61.7 Å². The Morgan fingerprint density at radius 3 is 2.65 bits per heavy atom. The molecule has 0 aliphatic rings. The number of carbonyl (C=O) groups excluding carboxylic acids is 1. The molecule has 0 atom stereocenters. The average Bonchev–Trinajstić information content (AvgIpc) is 2.50. The van der Waals surface area contributed by atoms with Gasteiger partial charge in [0.05, 0.1) is 6.54 Å². The van der Waals surface area contributed by atoms with E-state index in [2.05, 4.69) is 10.6 Å². The van der Waals surface area contributed by atoms with Gasteiger partial charge in [-0.1, -0.05) is 23.7 Å². The van der Waals surface area contributed by atoms with Crippen molar-refractivity contribution in [2.24, 2.45) is 0 Å². The molecule has 2 aromatic carbocycles. The number of nitrogens with one attached hydrogen (secondary N) is 2. The molecule has 4 nitrogen and oxygen atoms in total. The molecule has 2 aromatic rings. The summed E-state index contributed by atoms with van der Waals surface area (Å²) in [5, 5.41) is 6.21. The van der Waals surface area contributed by atoms with Gasteiger partial charge in [0, 0.05) is 10.7 Å². The highest BCUT2D eigenvalue weighted by atomic mass is 35.5. The molecule has 0 aromatic heterocycles. The number of amides is 2. The molecule has 0 saturated carbocycles. The van der Waals surface area contributed by atoms with Crippen LogP contribution < -0.4 is 15.4 Å². The van der Waals surface area contributed by atoms with E-state index in [0.29, 0.717) is 18.2 Å². The Morgan fingerprint density at radius 1 is 1.13 bits per heavy atom. The highest BCUT2D eigenvalue weighted by Crippen LogP contribution is 2.20. The molecule has 0 radical (unpaired) electrons. The predicted octanol–water partition coefficient (Wildman–Crippen LogP) is 4.47. The maximum atomic E-state index is 11.9. The minimum Gasteiger partial charge on any atom is -0.491 e. The Labute approximate surface area is 141 Å². The number of rotatable bonds is 5. The van der Waals surface area contributed by atoms with Crippen LogP contribution in [0.25, 0.3) is 0 Å². The van der Waals surface area contributed by atoms with Gasteiger partial charge >= 0.3 is 6.03 Å². The molecule has 0 aliphatic carbocycles. The van der Waals surface area contributed by atoms with E-state index >= 15 is 0 Å². The van der Waals surface area contributed by atoms with Gasteiger partial charge < -0.3 is 15.4 Å². The van der Waals surface area contributed by atoms with E-state index in [-0.39, 0.29) is 6.03 Å². The molecule has 2 rings (SSSR count). The summed E-state index contributed by atoms with van der Waals surface area (Å²) in [6.07, 6.45) is 0. The number of benzene rings is 2. The predicted molar refractivity (Wildman–Crippen MR) is 94.6 cm³/mol. The molecule has 2 N–H and O–H groups in total. The molecular formula is C18H21ClN2O2. The Bertz CT molecular complexity index is 701. The zero-order valence-corrected chi connectivity index (χ0v) is 14.3. The van der Waals surface area contributed by atoms with Crippen LogP contribution >= 0.6 is 11.6 Å². The number of ether oxygens (including phenoxy) is 1. The number of halogens is 1. The molecule has 122 valence electrons. The van der Waals surface area contributed by atoms with E-state index < -0.39 is 0 Å². The summed E-state index contributed by atoms with van der Waals surface area (Å²) in [6, 6.07) is 11.0. The first kappa shape index (κ1) is 17.2. The SMILES string of the molecule is Cc1cc(Cl)ccc1NC(=O)NCCOc1cccc(C)c1C. The summed E-state index contributed by atoms with van der Waals surface area (Å²) < 4.78 is 5.70. The van der Waals surface area contributed by atoms with Crippen molar-refractivity contribution in [2.75, 3.05) is 18.5 Å². The molecular weight excluding hydrogens is 312 g/mol. The number of hydrogen-bond acceptors (Lipinski definition) is 2. The van der Waals surface area contributed by atoms with E-state index in [9.17, 15) is 4.79 Å². The van der Waals surface area contributed by atoms with Gasteiger partial charge in [-0.3, -0.25) is 0 Å². The monoisotopic (exact) mass is 332 g/mol. The molecule has 0 unspecified atom stereocenters. The van der Waals surface area contributed by atoms with Crippen molar-refractivity contribution in [3.05, 3.63) is 58.1 Å². The van der Waals surface area contributed by atoms with Crippen LogP contribution in [0, 0.1) is 20.8 Å². The van der Waals surface area contributed by atoms with Crippen molar-refractivity contribution in [3.63, 3.8) is 0 Å². The fraction of sp³-hybridized carbons (Fsp3) is 0.278. The van der Waals surface area contributed by atoms with Crippen molar-refractivity contribution in [3.8, 4) is 5.75 Å². The number of hydrogen-bond donors (Lipinski definition) is 2. The zero-order chi connectivity index (χ0) is 16.8. The van der Waals surface area contributed by atoms with Gasteiger partial charge in [-0.15, -0.1) is 0 Å². The number of urea groups is 1. The molecule has 0 heterocycles. The Hall–Kier alpha value is -2.20. The van der Waals surface area contributed by atoms with Gasteiger partial charge in [-0.2, -0.15) is 0 Å². The van der Waals surface area contributed by atoms with E-state index in [4.69, 9.17) is 16.3 Å². The highest BCUT2D eigenvalue weighted by Gasteiger charge is 2.05. The van der Waals surface area contributed by atoms with E-state index in [1.54, 1.807) is 18.2 Å². The van der Waals surface area contributed by atoms with Crippen LogP contribution in [-0.4, -0.2) is 19.2 Å². The first-order valence-electron chi connectivity index (χ1n) is 7.47. The Balaban J connectivity index is 1.78. The zero-order valence-electron chi connectivity index (χ0n) is 13.6. The van der Waals surface area contributed by atoms with Crippen molar-refractivity contribution in [2.45, 2.75) is 20.8 Å². The summed E-state index contributed by atoms with van der Waals surface area (Å²) >= 11 is 5.89. The lowest BCUT2D eigenvalue weighted by Crippen LogP contribution is -2.32. The van der Waals surface area contributed by atoms with Crippen LogP contribution in [0.3, 0.4) is 0 Å². The third-order valence-electron chi connectivity index (χ3n) is 3.64. The maximum absolute atomic E-state index is 11.9. The van der Waals surface area contributed by atoms with Crippen LogP contribution in [0.4, 0.5) is 10.5 Å². The average molecular weight is 333 g/mol. The molecule has 0 saturated heterocycles. The van der Waals surface area contributed by atoms with Gasteiger partial charge in [0.25, 0.3) is 0 Å². The van der Waals surface area contributed by atoms with Crippen molar-refractivity contribution in [1.29, 1.82) is 0 Å². The van der Waals surface area contributed by atoms with Gasteiger partial charge in [-0.25, -0.2) is 4.79 Å². The quantitative estimate of drug-likeness (QED) is 0.794. The van der Waals surface area contributed by atoms with E-state index in [1.165, 1.54) is 5.56 Å². The van der Waals surface area contributed by atoms with E-state index in [0.717, 1.165) is 22.6 Å². The summed E-state index contributed by atoms with van der Waals surface area (Å²) in [7, 11) is 0. The normalized spacial score (nSPS) is 10.3. The van der Waals surface area contributed by atoms with E-state index in [1.807, 2.05) is 39.0 Å². The summed E-state index contributed by atoms with van der Waals surface area (Å²) in [5.41, 5.74) is 3.96. The van der Waals surface area contributed by atoms with Crippen LogP contribution in [0.2, 0.25) is 5.02 Å². The molecule has 2 amide bonds. The van der Waals surface area contributed by atoms with Crippen LogP contribution in [0.1, 0.15) is 16.7 Å². The van der Waals surface area contributed by atoms with Crippen molar-refractivity contribution < 1.29 is 9.53 Å². The van der Waals surface area contributed by atoms with Gasteiger partial charge in [0.1, 0.15) is 12.4 Å². The lowest BCUT2D eigenvalue weighted by atomic mass is 10.1. The highest BCUT2D eigenvalue weighted by molar-refractivity contribution is 6.30. The molecule has 5 heteroatoms. The third-order valence-corrected chi connectivity index (χ3v) is 3.87. The number of aryl methyl sites for hydroxylation is 2. The second-order valence-electron chi connectivity index (χ2n) is 5.39. The lowest BCUT2D eigenvalue weighted by molar-refractivity contribution is 0.247. The molecule has 0 aliphatic heterocycles. The molecule has 0 bridgehead atoms. The fourth-order valence-electron chi connectivity index (χ4n) is 2.14. The van der Waals surface area contributed by atoms with Crippen molar-refractivity contribution in [1.82, 2.24) is 5.32 Å². The standard InChI is InChI=1S/C18H21ClN2O2/c1-12-5-4-6-17(14(12)3)23-10-9-20-18(22)21-16-8-7-15(19)11-13(16)2/h4-8,11H,9-10H2,1-3H3,(H2,20,21,22). The molecule has 23 heavy (non-hydrogen) atoms. The van der Waals surface area contributed by atoms with Crippen LogP contribution in [0.5, 0.6) is 5.75 Å². The Kier molecular flexibility index (Phi) is 5.88. The third kappa shape index (κ3) is 4.89. The van der Waals surface area contributed by atoms with Crippen LogP contribution in [-0.2, 0) is 0 Å². The van der Waals surface area contributed by atoms with Crippen molar-refractivity contribution >= 4 is 23.3 Å². The summed E-state index contributed by atoms with van der Waals surface area (Å²) in [4.78, 5) is 11.9. The van der Waals surface area contributed by atoms with Gasteiger partial charge in [0.15, 0.2) is 0 Å². The largest absolute Gasteiger partial charge is 0.491 e. The second-order valence-corrected chi connectivity index (χ2v) is 5.82. The molecule has 0 spiro atoms. The number of anilines is 1. The molecule has 0 fully saturated rings. The topological polar surface area (TPSA) is 50.4 Å². The minimum absolute atomic E-state index is 0.264. The fourth-order valence-corrected chi connectivity index (χ4v) is 2.37. The maximum Gasteiger partial charge on any atom is 0.319 e. The minimum atomic E-state index is -0.264.